The van der Waals surface area contributed by atoms with Crippen molar-refractivity contribution in [1.29, 1.82) is 0 Å². The number of hydrogen-bond donors (Lipinski definition) is 2. The second kappa shape index (κ2) is 10.3. The molecule has 2 amide bonds. The number of carbonyl (C=O) groups is 3. The van der Waals surface area contributed by atoms with Gasteiger partial charge in [0.1, 0.15) is 12.6 Å². The van der Waals surface area contributed by atoms with Crippen molar-refractivity contribution in [2.24, 2.45) is 11.8 Å². The minimum Gasteiger partial charge on any atom is -0.481 e. The summed E-state index contributed by atoms with van der Waals surface area (Å²) in [6.07, 6.45) is 0.620. The van der Waals surface area contributed by atoms with E-state index in [1.807, 2.05) is 36.4 Å². The smallest absolute Gasteiger partial charge is 0.407 e. The number of likely N-dealkylation sites (tertiary alicyclic amines) is 1. The number of aliphatic carboxylic acids is 1. The Morgan fingerprint density at radius 1 is 1.03 bits per heavy atom. The molecule has 0 saturated carbocycles. The van der Waals surface area contributed by atoms with Gasteiger partial charge >= 0.3 is 12.1 Å². The Kier molecular flexibility index (Phi) is 7.20. The number of hydrogen-bond acceptors (Lipinski definition) is 4. The summed E-state index contributed by atoms with van der Waals surface area (Å²) in [6, 6.07) is 14.9. The molecule has 2 aromatic rings. The van der Waals surface area contributed by atoms with Gasteiger partial charge in [0.05, 0.1) is 6.42 Å². The molecule has 2 aromatic carbocycles. The van der Waals surface area contributed by atoms with Gasteiger partial charge in [0, 0.05) is 19.0 Å². The van der Waals surface area contributed by atoms with Crippen LogP contribution in [0.4, 0.5) is 4.79 Å². The minimum atomic E-state index is -1.16. The third-order valence-corrected chi connectivity index (χ3v) is 6.85. The topological polar surface area (TPSA) is 95.9 Å². The Morgan fingerprint density at radius 2 is 1.65 bits per heavy atom. The Hall–Kier alpha value is -3.35. The number of carbonyl (C=O) groups excluding carboxylic acids is 2. The van der Waals surface area contributed by atoms with Crippen LogP contribution in [0.3, 0.4) is 0 Å². The number of benzene rings is 2. The molecule has 3 atom stereocenters. The number of ether oxygens (including phenoxy) is 1. The van der Waals surface area contributed by atoms with Gasteiger partial charge in [-0.3, -0.25) is 9.59 Å². The summed E-state index contributed by atoms with van der Waals surface area (Å²) in [5.74, 6) is -0.799. The van der Waals surface area contributed by atoms with Crippen LogP contribution in [-0.2, 0) is 14.3 Å². The first-order chi connectivity index (χ1) is 16.3. The van der Waals surface area contributed by atoms with E-state index in [2.05, 4.69) is 31.3 Å². The molecule has 0 aromatic heterocycles. The molecule has 4 rings (SSSR count). The lowest BCUT2D eigenvalue weighted by molar-refractivity contribution is -0.142. The maximum absolute atomic E-state index is 13.2. The van der Waals surface area contributed by atoms with Crippen molar-refractivity contribution in [3.63, 3.8) is 0 Å². The fourth-order valence-electron chi connectivity index (χ4n) is 5.30. The molecule has 1 aliphatic carbocycles. The van der Waals surface area contributed by atoms with E-state index < -0.39 is 24.5 Å². The van der Waals surface area contributed by atoms with Crippen LogP contribution >= 0.6 is 0 Å². The van der Waals surface area contributed by atoms with Gasteiger partial charge in [0.25, 0.3) is 0 Å². The van der Waals surface area contributed by atoms with Gasteiger partial charge in [-0.25, -0.2) is 4.79 Å². The zero-order chi connectivity index (χ0) is 24.2. The van der Waals surface area contributed by atoms with Crippen molar-refractivity contribution in [2.75, 3.05) is 19.7 Å². The minimum absolute atomic E-state index is 0.103. The van der Waals surface area contributed by atoms with Gasteiger partial charge in [0.15, 0.2) is 0 Å². The van der Waals surface area contributed by atoms with Gasteiger partial charge in [-0.05, 0) is 46.9 Å². The Balaban J connectivity index is 1.43. The van der Waals surface area contributed by atoms with E-state index in [1.54, 1.807) is 4.90 Å². The second-order valence-corrected chi connectivity index (χ2v) is 9.64. The maximum Gasteiger partial charge on any atom is 0.407 e. The summed E-state index contributed by atoms with van der Waals surface area (Å²) in [5, 5.41) is 11.9. The number of rotatable bonds is 6. The molecule has 2 aliphatic rings. The molecule has 180 valence electrons. The zero-order valence-corrected chi connectivity index (χ0v) is 19.7. The molecule has 2 N–H and O–H groups in total. The zero-order valence-electron chi connectivity index (χ0n) is 19.7. The lowest BCUT2D eigenvalue weighted by Crippen LogP contribution is -2.50. The highest BCUT2D eigenvalue weighted by Gasteiger charge is 2.33. The number of amides is 2. The van der Waals surface area contributed by atoms with E-state index in [4.69, 9.17) is 4.74 Å². The van der Waals surface area contributed by atoms with Crippen molar-refractivity contribution in [1.82, 2.24) is 10.2 Å². The van der Waals surface area contributed by atoms with Gasteiger partial charge in [-0.2, -0.15) is 0 Å². The van der Waals surface area contributed by atoms with Gasteiger partial charge in [-0.1, -0.05) is 62.4 Å². The number of carboxylic acids is 1. The van der Waals surface area contributed by atoms with E-state index in [-0.39, 0.29) is 18.4 Å². The molecule has 0 bridgehead atoms. The molecule has 7 heteroatoms. The van der Waals surface area contributed by atoms with Gasteiger partial charge in [-0.15, -0.1) is 0 Å². The van der Waals surface area contributed by atoms with Crippen molar-refractivity contribution in [3.8, 4) is 11.1 Å². The molecule has 1 aliphatic heterocycles. The number of nitrogens with zero attached hydrogens (tertiary/aromatic N) is 1. The van der Waals surface area contributed by atoms with Crippen LogP contribution in [0, 0.1) is 11.8 Å². The van der Waals surface area contributed by atoms with Crippen LogP contribution in [0.2, 0.25) is 0 Å². The molecule has 1 fully saturated rings. The fourth-order valence-corrected chi connectivity index (χ4v) is 5.30. The average molecular weight is 465 g/mol. The van der Waals surface area contributed by atoms with Gasteiger partial charge in [0.2, 0.25) is 5.91 Å². The number of carboxylic acid groups (broad SMARTS) is 1. The number of alkyl carbamates (subject to hydrolysis) is 1. The summed E-state index contributed by atoms with van der Waals surface area (Å²) in [4.78, 5) is 39.0. The van der Waals surface area contributed by atoms with E-state index in [1.165, 1.54) is 0 Å². The molecule has 1 heterocycles. The Labute approximate surface area is 200 Å². The average Bonchev–Trinajstić information content (AvgIpc) is 3.01. The molecule has 0 radical (unpaired) electrons. The van der Waals surface area contributed by atoms with Crippen molar-refractivity contribution in [3.05, 3.63) is 59.7 Å². The van der Waals surface area contributed by atoms with E-state index in [9.17, 15) is 19.5 Å². The molecular weight excluding hydrogens is 432 g/mol. The van der Waals surface area contributed by atoms with Crippen molar-refractivity contribution >= 4 is 18.0 Å². The van der Waals surface area contributed by atoms with Crippen molar-refractivity contribution in [2.45, 2.75) is 45.1 Å². The highest BCUT2D eigenvalue weighted by atomic mass is 16.5. The first-order valence-corrected chi connectivity index (χ1v) is 12.0. The normalized spacial score (nSPS) is 20.6. The monoisotopic (exact) mass is 464 g/mol. The summed E-state index contributed by atoms with van der Waals surface area (Å²) in [5.41, 5.74) is 4.41. The third kappa shape index (κ3) is 5.24. The third-order valence-electron chi connectivity index (χ3n) is 6.85. The maximum atomic E-state index is 13.2. The highest BCUT2D eigenvalue weighted by Crippen LogP contribution is 2.44. The van der Waals surface area contributed by atoms with Crippen LogP contribution in [0.5, 0.6) is 0 Å². The highest BCUT2D eigenvalue weighted by molar-refractivity contribution is 5.89. The molecule has 1 saturated heterocycles. The lowest BCUT2D eigenvalue weighted by Gasteiger charge is -2.27. The van der Waals surface area contributed by atoms with Crippen LogP contribution in [0.1, 0.15) is 50.2 Å². The molecule has 7 nitrogen and oxygen atoms in total. The molecular formula is C27H32N2O5. The molecule has 34 heavy (non-hydrogen) atoms. The quantitative estimate of drug-likeness (QED) is 0.666. The fraction of sp³-hybridized carbons (Fsp3) is 0.444. The van der Waals surface area contributed by atoms with E-state index >= 15 is 0 Å². The van der Waals surface area contributed by atoms with Gasteiger partial charge < -0.3 is 20.1 Å². The molecule has 1 unspecified atom stereocenters. The summed E-state index contributed by atoms with van der Waals surface area (Å²) in [7, 11) is 0. The van der Waals surface area contributed by atoms with E-state index in [0.717, 1.165) is 35.1 Å². The van der Waals surface area contributed by atoms with Crippen LogP contribution in [-0.4, -0.2) is 53.7 Å². The summed E-state index contributed by atoms with van der Waals surface area (Å²) >= 11 is 0. The first kappa shape index (κ1) is 23.8. The standard InChI is InChI=1S/C27H32N2O5/c1-17-11-12-29(15-18(2)13-17)26(32)24(14-25(30)31)28-27(33)34-16-23-21-9-5-3-7-19(21)20-8-4-6-10-22(20)23/h3-10,17-18,23-24H,11-16H2,1-2H3,(H,28,33)(H,30,31)/t17-,18-,24?/m1/s1. The van der Waals surface area contributed by atoms with Crippen LogP contribution in [0.25, 0.3) is 11.1 Å². The number of nitrogens with one attached hydrogen (secondary N) is 1. The molecule has 0 spiro atoms. The van der Waals surface area contributed by atoms with E-state index in [0.29, 0.717) is 24.9 Å². The van der Waals surface area contributed by atoms with Crippen molar-refractivity contribution < 1.29 is 24.2 Å². The summed E-state index contributed by atoms with van der Waals surface area (Å²) < 4.78 is 5.54. The Morgan fingerprint density at radius 3 is 2.26 bits per heavy atom. The SMILES string of the molecule is C[C@@H]1CCN(C(=O)C(CC(=O)O)NC(=O)OCC2c3ccccc3-c3ccccc32)C[C@H](C)C1. The Bertz CT molecular complexity index is 1020. The van der Waals surface area contributed by atoms with Crippen LogP contribution < -0.4 is 5.32 Å². The largest absolute Gasteiger partial charge is 0.481 e. The second-order valence-electron chi connectivity index (χ2n) is 9.64. The predicted octanol–water partition coefficient (Wildman–Crippen LogP) is 4.26. The lowest BCUT2D eigenvalue weighted by atomic mass is 9.97. The first-order valence-electron chi connectivity index (χ1n) is 12.0. The number of fused-ring (bicyclic) bond motifs is 3. The predicted molar refractivity (Wildman–Crippen MR) is 128 cm³/mol. The van der Waals surface area contributed by atoms with Crippen LogP contribution in [0.15, 0.2) is 48.5 Å². The summed E-state index contributed by atoms with van der Waals surface area (Å²) in [6.45, 7) is 5.48.